The molecule has 0 saturated carbocycles. The first-order valence-corrected chi connectivity index (χ1v) is 13.6. The highest BCUT2D eigenvalue weighted by molar-refractivity contribution is 5.84. The second-order valence-corrected chi connectivity index (χ2v) is 11.0. The number of methoxy groups -OCH3 is 1. The smallest absolute Gasteiger partial charge is 0.416 e. The summed E-state index contributed by atoms with van der Waals surface area (Å²) in [6.45, 7) is 3.43. The number of carbonyl (C=O) groups is 1. The fraction of sp³-hybridized carbons (Fsp3) is 0.367. The lowest BCUT2D eigenvalue weighted by atomic mass is 9.87. The van der Waals surface area contributed by atoms with Crippen molar-refractivity contribution in [2.75, 3.05) is 7.11 Å². The second kappa shape index (κ2) is 12.2. The predicted octanol–water partition coefficient (Wildman–Crippen LogP) is 9.67. The summed E-state index contributed by atoms with van der Waals surface area (Å²) in [6.07, 6.45) is -18.7. The van der Waals surface area contributed by atoms with Gasteiger partial charge in [0.05, 0.1) is 40.3 Å². The van der Waals surface area contributed by atoms with E-state index in [1.165, 1.54) is 6.92 Å². The van der Waals surface area contributed by atoms with E-state index in [1.807, 2.05) is 0 Å². The number of ether oxygens (including phenoxy) is 2. The van der Waals surface area contributed by atoms with Crippen molar-refractivity contribution in [3.8, 4) is 16.9 Å². The lowest BCUT2D eigenvalue weighted by Crippen LogP contribution is -2.32. The second-order valence-electron chi connectivity index (χ2n) is 11.0. The fourth-order valence-corrected chi connectivity index (χ4v) is 5.30. The Morgan fingerprint density at radius 3 is 1.89 bits per heavy atom. The molecule has 2 atom stereocenters. The highest BCUT2D eigenvalue weighted by Gasteiger charge is 2.45. The van der Waals surface area contributed by atoms with E-state index in [0.29, 0.717) is 23.1 Å². The van der Waals surface area contributed by atoms with Gasteiger partial charge in [0.15, 0.2) is 0 Å². The Bertz CT molecular complexity index is 1680. The summed E-state index contributed by atoms with van der Waals surface area (Å²) in [4.78, 5) is 24.8. The first-order chi connectivity index (χ1) is 21.5. The van der Waals surface area contributed by atoms with Crippen molar-refractivity contribution in [3.05, 3.63) is 91.8 Å². The molecule has 1 heterocycles. The molecule has 0 spiro atoms. The van der Waals surface area contributed by atoms with Gasteiger partial charge < -0.3 is 9.47 Å². The van der Waals surface area contributed by atoms with Crippen LogP contribution in [0.4, 0.5) is 54.4 Å². The molecule has 0 bridgehead atoms. The van der Waals surface area contributed by atoms with Crippen molar-refractivity contribution in [2.24, 2.45) is 0 Å². The summed E-state index contributed by atoms with van der Waals surface area (Å²) in [5.41, 5.74) is -7.97. The van der Waals surface area contributed by atoms with Gasteiger partial charge in [0.25, 0.3) is 5.69 Å². The van der Waals surface area contributed by atoms with Gasteiger partial charge >= 0.3 is 24.6 Å². The molecule has 4 rings (SSSR count). The van der Waals surface area contributed by atoms with E-state index in [9.17, 15) is 58.8 Å². The number of nitro benzene ring substituents is 1. The number of alkyl halides is 9. The average Bonchev–Trinajstić information content (AvgIpc) is 3.22. The Balaban J connectivity index is 1.94. The van der Waals surface area contributed by atoms with Crippen molar-refractivity contribution in [3.63, 3.8) is 0 Å². The van der Waals surface area contributed by atoms with Crippen molar-refractivity contribution in [2.45, 2.75) is 63.9 Å². The molecule has 47 heavy (non-hydrogen) atoms. The van der Waals surface area contributed by atoms with Gasteiger partial charge in [-0.2, -0.15) is 39.5 Å². The van der Waals surface area contributed by atoms with E-state index in [-0.39, 0.29) is 29.0 Å². The third-order valence-electron chi connectivity index (χ3n) is 7.58. The summed E-state index contributed by atoms with van der Waals surface area (Å²) >= 11 is 0. The number of rotatable bonds is 7. The zero-order chi connectivity index (χ0) is 35.4. The molecule has 0 aliphatic carbocycles. The molecule has 0 N–H and O–H groups in total. The Hall–Kier alpha value is -4.57. The van der Waals surface area contributed by atoms with Crippen molar-refractivity contribution in [1.29, 1.82) is 0 Å². The number of hydrogen-bond acceptors (Lipinski definition) is 5. The van der Waals surface area contributed by atoms with Crippen LogP contribution in [0.5, 0.6) is 5.75 Å². The molecule has 17 heteroatoms. The SMILES string of the molecule is COc1cc(F)c(C(C)C)cc1-c1c([C@H]2OC(=O)N(Cc3cc(C(F)(F)F)cc(C(F)(F)F)c3)C2C)cc(C(F)(F)F)cc1[N+](=O)[O-]. The Labute approximate surface area is 259 Å². The van der Waals surface area contributed by atoms with Crippen LogP contribution in [0.2, 0.25) is 0 Å². The minimum atomic E-state index is -5.20. The van der Waals surface area contributed by atoms with E-state index < -0.39 is 99.0 Å². The molecule has 1 aliphatic heterocycles. The largest absolute Gasteiger partial charge is 0.496 e. The van der Waals surface area contributed by atoms with Crippen molar-refractivity contribution >= 4 is 11.8 Å². The van der Waals surface area contributed by atoms with E-state index in [0.717, 1.165) is 19.2 Å². The molecular formula is C30H24F10N2O5. The van der Waals surface area contributed by atoms with Crippen molar-refractivity contribution in [1.82, 2.24) is 4.90 Å². The summed E-state index contributed by atoms with van der Waals surface area (Å²) in [5, 5.41) is 12.2. The maximum atomic E-state index is 14.9. The monoisotopic (exact) mass is 682 g/mol. The molecule has 0 aromatic heterocycles. The number of benzene rings is 3. The van der Waals surface area contributed by atoms with Gasteiger partial charge in [0.1, 0.15) is 17.7 Å². The Kier molecular flexibility index (Phi) is 9.18. The lowest BCUT2D eigenvalue weighted by molar-refractivity contribution is -0.384. The fourth-order valence-electron chi connectivity index (χ4n) is 5.30. The minimum Gasteiger partial charge on any atom is -0.496 e. The number of nitrogens with zero attached hydrogens (tertiary/aromatic N) is 2. The van der Waals surface area contributed by atoms with E-state index in [2.05, 4.69) is 0 Å². The summed E-state index contributed by atoms with van der Waals surface area (Å²) in [6, 6.07) is 1.95. The van der Waals surface area contributed by atoms with E-state index in [1.54, 1.807) is 13.8 Å². The van der Waals surface area contributed by atoms with Gasteiger partial charge in [0.2, 0.25) is 0 Å². The highest BCUT2D eigenvalue weighted by Crippen LogP contribution is 2.49. The van der Waals surface area contributed by atoms with E-state index >= 15 is 0 Å². The molecule has 0 radical (unpaired) electrons. The quantitative estimate of drug-likeness (QED) is 0.141. The molecule has 1 amide bonds. The zero-order valence-corrected chi connectivity index (χ0v) is 24.7. The average molecular weight is 683 g/mol. The number of nitro groups is 1. The molecule has 1 fully saturated rings. The minimum absolute atomic E-state index is 0.00375. The van der Waals surface area contributed by atoms with Gasteiger partial charge in [-0.3, -0.25) is 15.0 Å². The van der Waals surface area contributed by atoms with Crippen LogP contribution in [0.1, 0.15) is 66.2 Å². The molecule has 1 unspecified atom stereocenters. The van der Waals surface area contributed by atoms with Crippen LogP contribution in [0.3, 0.4) is 0 Å². The topological polar surface area (TPSA) is 81.9 Å². The molecule has 1 aliphatic rings. The maximum Gasteiger partial charge on any atom is 0.416 e. The first-order valence-electron chi connectivity index (χ1n) is 13.6. The van der Waals surface area contributed by atoms with Crippen LogP contribution in [0.25, 0.3) is 11.1 Å². The van der Waals surface area contributed by atoms with Gasteiger partial charge in [-0.15, -0.1) is 0 Å². The normalized spacial score (nSPS) is 17.3. The maximum absolute atomic E-state index is 14.9. The highest BCUT2D eigenvalue weighted by atomic mass is 19.4. The zero-order valence-electron chi connectivity index (χ0n) is 24.7. The van der Waals surface area contributed by atoms with Gasteiger partial charge in [-0.25, -0.2) is 9.18 Å². The standard InChI is InChI=1S/C30H24F10N2O5/c1-13(2)19-10-20(24(46-4)11-22(19)31)25-21(8-18(30(38,39)40)9-23(25)42(44)45)26-14(3)41(27(43)47-26)12-15-5-16(28(32,33)34)7-17(6-15)29(35,36)37/h5-11,13-14,26H,12H2,1-4H3/t14?,26-/m0/s1. The van der Waals surface area contributed by atoms with Crippen LogP contribution >= 0.6 is 0 Å². The van der Waals surface area contributed by atoms with Crippen LogP contribution in [0.15, 0.2) is 42.5 Å². The number of amides is 1. The van der Waals surface area contributed by atoms with E-state index in [4.69, 9.17) is 9.47 Å². The lowest BCUT2D eigenvalue weighted by Gasteiger charge is -2.25. The number of cyclic esters (lactones) is 1. The Morgan fingerprint density at radius 1 is 0.894 bits per heavy atom. The van der Waals surface area contributed by atoms with Crippen LogP contribution in [-0.2, 0) is 29.8 Å². The Morgan fingerprint density at radius 2 is 1.43 bits per heavy atom. The molecule has 1 saturated heterocycles. The van der Waals surface area contributed by atoms with Gasteiger partial charge in [0, 0.05) is 29.8 Å². The summed E-state index contributed by atoms with van der Waals surface area (Å²) in [7, 11) is 1.08. The number of halogens is 10. The van der Waals surface area contributed by atoms with Crippen LogP contribution < -0.4 is 4.74 Å². The molecule has 254 valence electrons. The molecule has 3 aromatic carbocycles. The molecule has 3 aromatic rings. The number of carbonyl (C=O) groups excluding carboxylic acids is 1. The van der Waals surface area contributed by atoms with Crippen LogP contribution in [0, 0.1) is 15.9 Å². The first kappa shape index (κ1) is 35.3. The third kappa shape index (κ3) is 7.07. The summed E-state index contributed by atoms with van der Waals surface area (Å²) in [5.74, 6) is -1.64. The molecular weight excluding hydrogens is 658 g/mol. The van der Waals surface area contributed by atoms with Gasteiger partial charge in [-0.1, -0.05) is 13.8 Å². The third-order valence-corrected chi connectivity index (χ3v) is 7.58. The summed E-state index contributed by atoms with van der Waals surface area (Å²) < 4.78 is 148. The number of hydrogen-bond donors (Lipinski definition) is 0. The molecule has 7 nitrogen and oxygen atoms in total. The predicted molar refractivity (Wildman–Crippen MR) is 145 cm³/mol. The van der Waals surface area contributed by atoms with Gasteiger partial charge in [-0.05, 0) is 54.3 Å². The van der Waals surface area contributed by atoms with Crippen LogP contribution in [-0.4, -0.2) is 29.1 Å². The van der Waals surface area contributed by atoms with Crippen molar-refractivity contribution < 1.29 is 63.1 Å².